The van der Waals surface area contributed by atoms with Crippen LogP contribution >= 0.6 is 0 Å². The van der Waals surface area contributed by atoms with Gasteiger partial charge < -0.3 is 16.0 Å². The first-order chi connectivity index (χ1) is 9.90. The van der Waals surface area contributed by atoms with Gasteiger partial charge in [-0.1, -0.05) is 12.1 Å². The maximum Gasteiger partial charge on any atom is 0.391 e. The van der Waals surface area contributed by atoms with E-state index in [2.05, 4.69) is 5.32 Å². The molecule has 0 spiro atoms. The molecule has 0 saturated carbocycles. The lowest BCUT2D eigenvalue weighted by atomic mass is 9.96. The van der Waals surface area contributed by atoms with Gasteiger partial charge in [0.05, 0.1) is 5.92 Å². The molecule has 0 unspecified atom stereocenters. The highest BCUT2D eigenvalue weighted by atomic mass is 19.4. The molecule has 0 bridgehead atoms. The minimum Gasteiger partial charge on any atom is -0.326 e. The highest BCUT2D eigenvalue weighted by molar-refractivity contribution is 5.89. The number of anilines is 1. The fourth-order valence-electron chi connectivity index (χ4n) is 2.34. The van der Waals surface area contributed by atoms with Crippen LogP contribution in [0.3, 0.4) is 0 Å². The monoisotopic (exact) mass is 301 g/mol. The lowest BCUT2D eigenvalue weighted by Crippen LogP contribution is -2.43. The number of benzene rings is 1. The Morgan fingerprint density at radius 2 is 1.81 bits per heavy atom. The second-order valence-corrected chi connectivity index (χ2v) is 5.13. The van der Waals surface area contributed by atoms with Crippen LogP contribution in [0.4, 0.5) is 23.7 Å². The number of amides is 2. The number of nitrogens with two attached hydrogens (primary N) is 1. The molecule has 1 aliphatic heterocycles. The van der Waals surface area contributed by atoms with Gasteiger partial charge in [0.15, 0.2) is 0 Å². The summed E-state index contributed by atoms with van der Waals surface area (Å²) in [5, 5.41) is 2.68. The van der Waals surface area contributed by atoms with Gasteiger partial charge in [-0.05, 0) is 30.5 Å². The van der Waals surface area contributed by atoms with Crippen molar-refractivity contribution in [2.75, 3.05) is 18.4 Å². The number of urea groups is 1. The lowest BCUT2D eigenvalue weighted by molar-refractivity contribution is -0.183. The highest BCUT2D eigenvalue weighted by Gasteiger charge is 2.41. The zero-order chi connectivity index (χ0) is 15.5. The second kappa shape index (κ2) is 6.34. The molecular weight excluding hydrogens is 283 g/mol. The van der Waals surface area contributed by atoms with Crippen molar-refractivity contribution in [1.29, 1.82) is 0 Å². The van der Waals surface area contributed by atoms with E-state index in [1.54, 1.807) is 24.3 Å². The summed E-state index contributed by atoms with van der Waals surface area (Å²) in [6.07, 6.45) is -4.24. The predicted molar refractivity (Wildman–Crippen MR) is 73.7 cm³/mol. The van der Waals surface area contributed by atoms with Crippen LogP contribution in [-0.4, -0.2) is 30.2 Å². The zero-order valence-corrected chi connectivity index (χ0v) is 11.5. The molecule has 116 valence electrons. The Morgan fingerprint density at radius 1 is 1.24 bits per heavy atom. The fourth-order valence-corrected chi connectivity index (χ4v) is 2.34. The molecule has 1 aromatic rings. The topological polar surface area (TPSA) is 58.4 Å². The zero-order valence-electron chi connectivity index (χ0n) is 11.5. The summed E-state index contributed by atoms with van der Waals surface area (Å²) in [5.41, 5.74) is 7.03. The highest BCUT2D eigenvalue weighted by Crippen LogP contribution is 2.34. The first-order valence-corrected chi connectivity index (χ1v) is 6.82. The number of rotatable bonds is 2. The molecule has 0 radical (unpaired) electrons. The van der Waals surface area contributed by atoms with Crippen molar-refractivity contribution in [3.8, 4) is 0 Å². The molecule has 1 saturated heterocycles. The van der Waals surface area contributed by atoms with Crippen LogP contribution in [0.15, 0.2) is 24.3 Å². The molecule has 0 atom stereocenters. The third kappa shape index (κ3) is 4.10. The Labute approximate surface area is 121 Å². The molecule has 2 rings (SSSR count). The predicted octanol–water partition coefficient (Wildman–Crippen LogP) is 2.95. The summed E-state index contributed by atoms with van der Waals surface area (Å²) in [5.74, 6) is -1.30. The van der Waals surface area contributed by atoms with Crippen LogP contribution in [0.1, 0.15) is 18.4 Å². The normalized spacial score (nSPS) is 16.9. The number of nitrogens with zero attached hydrogens (tertiary/aromatic N) is 1. The molecule has 1 heterocycles. The van der Waals surface area contributed by atoms with Gasteiger partial charge in [-0.15, -0.1) is 0 Å². The maximum absolute atomic E-state index is 12.6. The van der Waals surface area contributed by atoms with Crippen molar-refractivity contribution in [1.82, 2.24) is 4.90 Å². The van der Waals surface area contributed by atoms with Crippen molar-refractivity contribution in [3.05, 3.63) is 29.8 Å². The minimum absolute atomic E-state index is 0.0387. The van der Waals surface area contributed by atoms with Gasteiger partial charge in [0.1, 0.15) is 0 Å². The third-order valence-corrected chi connectivity index (χ3v) is 3.69. The standard InChI is InChI=1S/C14H18F3N3O/c15-14(16,17)11-5-7-20(8-6-11)13(21)19-12-3-1-10(9-18)2-4-12/h1-4,11H,5-9,18H2,(H,19,21). The molecule has 2 amide bonds. The van der Waals surface area contributed by atoms with E-state index in [-0.39, 0.29) is 32.0 Å². The van der Waals surface area contributed by atoms with E-state index in [0.717, 1.165) is 5.56 Å². The van der Waals surface area contributed by atoms with Crippen molar-refractivity contribution >= 4 is 11.7 Å². The van der Waals surface area contributed by atoms with Gasteiger partial charge in [-0.2, -0.15) is 13.2 Å². The number of carbonyl (C=O) groups is 1. The number of nitrogens with one attached hydrogen (secondary N) is 1. The van der Waals surface area contributed by atoms with Gasteiger partial charge in [0.2, 0.25) is 0 Å². The van der Waals surface area contributed by atoms with Crippen LogP contribution in [0.2, 0.25) is 0 Å². The Morgan fingerprint density at radius 3 is 2.29 bits per heavy atom. The van der Waals surface area contributed by atoms with Crippen LogP contribution in [0.25, 0.3) is 0 Å². The van der Waals surface area contributed by atoms with E-state index >= 15 is 0 Å². The summed E-state index contributed by atoms with van der Waals surface area (Å²) in [7, 11) is 0. The summed E-state index contributed by atoms with van der Waals surface area (Å²) >= 11 is 0. The van der Waals surface area contributed by atoms with Gasteiger partial charge in [-0.25, -0.2) is 4.79 Å². The molecule has 1 fully saturated rings. The first-order valence-electron chi connectivity index (χ1n) is 6.82. The Kier molecular flexibility index (Phi) is 4.72. The quantitative estimate of drug-likeness (QED) is 0.882. The van der Waals surface area contributed by atoms with Gasteiger partial charge in [-0.3, -0.25) is 0 Å². The SMILES string of the molecule is NCc1ccc(NC(=O)N2CCC(C(F)(F)F)CC2)cc1. The largest absolute Gasteiger partial charge is 0.391 e. The minimum atomic E-state index is -4.17. The van der Waals surface area contributed by atoms with Crippen LogP contribution in [0, 0.1) is 5.92 Å². The van der Waals surface area contributed by atoms with Crippen molar-refractivity contribution < 1.29 is 18.0 Å². The van der Waals surface area contributed by atoms with Gasteiger partial charge >= 0.3 is 12.2 Å². The number of alkyl halides is 3. The lowest BCUT2D eigenvalue weighted by Gasteiger charge is -2.32. The molecule has 0 aromatic heterocycles. The van der Waals surface area contributed by atoms with E-state index in [0.29, 0.717) is 12.2 Å². The summed E-state index contributed by atoms with van der Waals surface area (Å²) < 4.78 is 37.7. The van der Waals surface area contributed by atoms with E-state index < -0.39 is 12.1 Å². The Hall–Kier alpha value is -1.76. The number of hydrogen-bond donors (Lipinski definition) is 2. The molecule has 7 heteroatoms. The van der Waals surface area contributed by atoms with E-state index in [1.807, 2.05) is 0 Å². The maximum atomic E-state index is 12.6. The number of hydrogen-bond acceptors (Lipinski definition) is 2. The molecule has 3 N–H and O–H groups in total. The average molecular weight is 301 g/mol. The van der Waals surface area contributed by atoms with E-state index in [9.17, 15) is 18.0 Å². The molecule has 1 aromatic carbocycles. The van der Waals surface area contributed by atoms with Crippen LogP contribution in [-0.2, 0) is 6.54 Å². The summed E-state index contributed by atoms with van der Waals surface area (Å²) in [6.45, 7) is 0.660. The molecule has 0 aliphatic carbocycles. The van der Waals surface area contributed by atoms with Crippen molar-refractivity contribution in [2.45, 2.75) is 25.6 Å². The first kappa shape index (κ1) is 15.6. The number of halogens is 3. The van der Waals surface area contributed by atoms with Crippen LogP contribution < -0.4 is 11.1 Å². The number of carbonyl (C=O) groups excluding carboxylic acids is 1. The third-order valence-electron chi connectivity index (χ3n) is 3.69. The Balaban J connectivity index is 1.87. The summed E-state index contributed by atoms with van der Waals surface area (Å²) in [4.78, 5) is 13.4. The molecule has 21 heavy (non-hydrogen) atoms. The number of likely N-dealkylation sites (tertiary alicyclic amines) is 1. The second-order valence-electron chi connectivity index (χ2n) is 5.13. The number of piperidine rings is 1. The van der Waals surface area contributed by atoms with Crippen LogP contribution in [0.5, 0.6) is 0 Å². The fraction of sp³-hybridized carbons (Fsp3) is 0.500. The average Bonchev–Trinajstić information content (AvgIpc) is 2.47. The Bertz CT molecular complexity index is 479. The molecular formula is C14H18F3N3O. The van der Waals surface area contributed by atoms with E-state index in [4.69, 9.17) is 5.73 Å². The smallest absolute Gasteiger partial charge is 0.326 e. The molecule has 4 nitrogen and oxygen atoms in total. The summed E-state index contributed by atoms with van der Waals surface area (Å²) in [6, 6.07) is 6.68. The van der Waals surface area contributed by atoms with Crippen molar-refractivity contribution in [3.63, 3.8) is 0 Å². The molecule has 1 aliphatic rings. The van der Waals surface area contributed by atoms with E-state index in [1.165, 1.54) is 4.90 Å². The van der Waals surface area contributed by atoms with Gasteiger partial charge in [0, 0.05) is 25.3 Å². The van der Waals surface area contributed by atoms with Gasteiger partial charge in [0.25, 0.3) is 0 Å². The van der Waals surface area contributed by atoms with Crippen molar-refractivity contribution in [2.24, 2.45) is 11.7 Å².